The zero-order valence-corrected chi connectivity index (χ0v) is 39.7. The molecule has 0 aliphatic carbocycles. The Balaban J connectivity index is 0.000000154. The summed E-state index contributed by atoms with van der Waals surface area (Å²) in [5, 5.41) is 5.81. The van der Waals surface area contributed by atoms with Crippen molar-refractivity contribution in [2.45, 2.75) is 40.0 Å². The minimum atomic E-state index is -0.313. The first-order chi connectivity index (χ1) is 34.4. The van der Waals surface area contributed by atoms with E-state index < -0.39 is 0 Å². The molecule has 0 radical (unpaired) electrons. The van der Waals surface area contributed by atoms with Crippen LogP contribution in [-0.2, 0) is 38.4 Å². The van der Waals surface area contributed by atoms with Crippen molar-refractivity contribution < 1.29 is 23.6 Å². The molecule has 4 amide bonds. The predicted molar refractivity (Wildman–Crippen MR) is 270 cm³/mol. The summed E-state index contributed by atoms with van der Waals surface area (Å²) in [6, 6.07) is 28.7. The van der Waals surface area contributed by atoms with Crippen LogP contribution in [0, 0.1) is 12.7 Å². The van der Waals surface area contributed by atoms with Gasteiger partial charge in [-0.1, -0.05) is 42.5 Å². The topological polar surface area (TPSA) is 166 Å². The maximum Gasteiger partial charge on any atom is 0.228 e. The van der Waals surface area contributed by atoms with E-state index in [-0.39, 0.29) is 29.4 Å². The molecule has 2 saturated heterocycles. The van der Waals surface area contributed by atoms with Crippen LogP contribution < -0.4 is 20.4 Å². The second-order valence-corrected chi connectivity index (χ2v) is 18.4. The summed E-state index contributed by atoms with van der Waals surface area (Å²) < 4.78 is 17.9. The Hall–Kier alpha value is -8.47. The molecule has 17 heteroatoms. The lowest BCUT2D eigenvalue weighted by Crippen LogP contribution is -2.48. The second kappa shape index (κ2) is 18.5. The summed E-state index contributed by atoms with van der Waals surface area (Å²) in [6.07, 6.45) is 6.92. The fraction of sp³-hybridized carbons (Fsp3) is 0.259. The molecule has 2 N–H and O–H groups in total. The van der Waals surface area contributed by atoms with E-state index in [1.54, 1.807) is 32.2 Å². The molecule has 4 aliphatic rings. The summed E-state index contributed by atoms with van der Waals surface area (Å²) in [4.78, 5) is 75.2. The van der Waals surface area contributed by atoms with Gasteiger partial charge in [-0.3, -0.25) is 28.0 Å². The summed E-state index contributed by atoms with van der Waals surface area (Å²) in [6.45, 7) is 10.6. The lowest BCUT2D eigenvalue weighted by Gasteiger charge is -2.35. The van der Waals surface area contributed by atoms with E-state index in [1.165, 1.54) is 17.7 Å². The van der Waals surface area contributed by atoms with Gasteiger partial charge in [0.25, 0.3) is 0 Å². The molecular weight excluding hydrogens is 900 g/mol. The van der Waals surface area contributed by atoms with Gasteiger partial charge in [0.15, 0.2) is 22.9 Å². The quantitative estimate of drug-likeness (QED) is 0.173. The Kier molecular flexibility index (Phi) is 11.7. The highest BCUT2D eigenvalue weighted by Gasteiger charge is 2.29. The highest BCUT2D eigenvalue weighted by atomic mass is 19.1. The molecule has 8 aromatic rings. The molecule has 4 aromatic carbocycles. The average molecular weight is 951 g/mol. The third kappa shape index (κ3) is 8.68. The van der Waals surface area contributed by atoms with Crippen LogP contribution in [0.4, 0.5) is 27.4 Å². The van der Waals surface area contributed by atoms with Gasteiger partial charge in [-0.25, -0.2) is 24.3 Å². The number of hydrogen-bond acceptors (Lipinski definition) is 10. The van der Waals surface area contributed by atoms with Crippen LogP contribution in [0.25, 0.3) is 45.1 Å². The van der Waals surface area contributed by atoms with Gasteiger partial charge in [-0.2, -0.15) is 0 Å². The number of hydrogen-bond donors (Lipinski definition) is 2. The number of amides is 4. The Bertz CT molecular complexity index is 3410. The first-order valence-corrected chi connectivity index (χ1v) is 23.9. The third-order valence-electron chi connectivity index (χ3n) is 13.8. The van der Waals surface area contributed by atoms with E-state index in [0.29, 0.717) is 83.0 Å². The molecule has 0 bridgehead atoms. The molecule has 16 nitrogen and oxygen atoms in total. The SMILES string of the molecule is CC(=O)N1CCN(c2ncc(C)n3c(-c4ccc5c(c4)CC(=O)N5)c(Cc4ccccc4)nc23)CC1.CC(=O)N1CCN(c2nccn3c(-c4ccc5c(c4)CC(=O)N5)c(-c4ccc(F)cc4)nc23)CC1. The summed E-state index contributed by atoms with van der Waals surface area (Å²) in [5.41, 5.74) is 13.6. The van der Waals surface area contributed by atoms with E-state index in [9.17, 15) is 23.6 Å². The number of aryl methyl sites for hydroxylation is 1. The van der Waals surface area contributed by atoms with Crippen LogP contribution >= 0.6 is 0 Å². The zero-order chi connectivity index (χ0) is 48.9. The van der Waals surface area contributed by atoms with Crippen LogP contribution in [-0.4, -0.2) is 115 Å². The monoisotopic (exact) mass is 950 g/mol. The van der Waals surface area contributed by atoms with E-state index in [1.807, 2.05) is 76.0 Å². The Morgan fingerprint density at radius 3 is 1.76 bits per heavy atom. The molecule has 71 heavy (non-hydrogen) atoms. The van der Waals surface area contributed by atoms with Crippen LogP contribution in [0.15, 0.2) is 110 Å². The van der Waals surface area contributed by atoms with Crippen molar-refractivity contribution in [2.75, 3.05) is 72.8 Å². The maximum absolute atomic E-state index is 13.7. The van der Waals surface area contributed by atoms with Crippen molar-refractivity contribution in [3.05, 3.63) is 143 Å². The molecule has 0 unspecified atom stereocenters. The van der Waals surface area contributed by atoms with Gasteiger partial charge in [-0.15, -0.1) is 0 Å². The van der Waals surface area contributed by atoms with E-state index in [0.717, 1.165) is 79.3 Å². The maximum atomic E-state index is 13.7. The van der Waals surface area contributed by atoms with E-state index in [4.69, 9.17) is 15.0 Å². The number of aromatic nitrogens is 6. The first kappa shape index (κ1) is 45.0. The number of piperazine rings is 2. The van der Waals surface area contributed by atoms with Crippen LogP contribution in [0.3, 0.4) is 0 Å². The van der Waals surface area contributed by atoms with Crippen molar-refractivity contribution in [3.8, 4) is 33.8 Å². The number of anilines is 4. The number of imidazole rings is 2. The van der Waals surface area contributed by atoms with Crippen molar-refractivity contribution in [3.63, 3.8) is 0 Å². The lowest BCUT2D eigenvalue weighted by molar-refractivity contribution is -0.129. The third-order valence-corrected chi connectivity index (χ3v) is 13.8. The van der Waals surface area contributed by atoms with Gasteiger partial charge in [0.2, 0.25) is 23.6 Å². The van der Waals surface area contributed by atoms with Crippen molar-refractivity contribution in [1.29, 1.82) is 0 Å². The zero-order valence-electron chi connectivity index (χ0n) is 39.7. The van der Waals surface area contributed by atoms with Gasteiger partial charge >= 0.3 is 0 Å². The Morgan fingerprint density at radius 1 is 0.634 bits per heavy atom. The van der Waals surface area contributed by atoms with Crippen LogP contribution in [0.5, 0.6) is 0 Å². The Morgan fingerprint density at radius 2 is 1.18 bits per heavy atom. The van der Waals surface area contributed by atoms with Gasteiger partial charge in [0, 0.05) is 125 Å². The predicted octanol–water partition coefficient (Wildman–Crippen LogP) is 6.82. The number of nitrogens with one attached hydrogen (secondary N) is 2. The number of carbonyl (C=O) groups is 4. The number of halogens is 1. The molecule has 0 spiro atoms. The minimum absolute atomic E-state index is 0.0229. The fourth-order valence-corrected chi connectivity index (χ4v) is 10.2. The molecule has 0 saturated carbocycles. The van der Waals surface area contributed by atoms with Gasteiger partial charge in [-0.05, 0) is 72.1 Å². The van der Waals surface area contributed by atoms with E-state index in [2.05, 4.69) is 54.1 Å². The van der Waals surface area contributed by atoms with Crippen LogP contribution in [0.2, 0.25) is 0 Å². The van der Waals surface area contributed by atoms with Crippen molar-refractivity contribution in [1.82, 2.24) is 38.5 Å². The normalized spacial score (nSPS) is 15.4. The smallest absolute Gasteiger partial charge is 0.228 e. The van der Waals surface area contributed by atoms with Crippen LogP contribution in [0.1, 0.15) is 41.9 Å². The van der Waals surface area contributed by atoms with Gasteiger partial charge in [0.1, 0.15) is 5.82 Å². The van der Waals surface area contributed by atoms with Gasteiger partial charge in [0.05, 0.1) is 35.6 Å². The number of nitrogens with zero attached hydrogens (tertiary/aromatic N) is 10. The summed E-state index contributed by atoms with van der Waals surface area (Å²) in [5.74, 6) is 1.44. The largest absolute Gasteiger partial charge is 0.350 e. The average Bonchev–Trinajstić information content (AvgIpc) is 4.16. The molecule has 358 valence electrons. The van der Waals surface area contributed by atoms with Crippen molar-refractivity contribution >= 4 is 57.9 Å². The fourth-order valence-electron chi connectivity index (χ4n) is 10.2. The highest BCUT2D eigenvalue weighted by Crippen LogP contribution is 2.39. The lowest BCUT2D eigenvalue weighted by atomic mass is 10.0. The molecular formula is C54H51FN12O4. The number of rotatable bonds is 7. The molecule has 2 fully saturated rings. The molecule has 0 atom stereocenters. The van der Waals surface area contributed by atoms with Gasteiger partial charge < -0.3 is 30.2 Å². The molecule has 12 rings (SSSR count). The minimum Gasteiger partial charge on any atom is -0.350 e. The molecule has 4 aliphatic heterocycles. The number of carbonyl (C=O) groups excluding carboxylic acids is 4. The second-order valence-electron chi connectivity index (χ2n) is 18.4. The van der Waals surface area contributed by atoms with Crippen molar-refractivity contribution in [2.24, 2.45) is 0 Å². The first-order valence-electron chi connectivity index (χ1n) is 23.9. The van der Waals surface area contributed by atoms with E-state index >= 15 is 0 Å². The highest BCUT2D eigenvalue weighted by molar-refractivity contribution is 6.01. The summed E-state index contributed by atoms with van der Waals surface area (Å²) in [7, 11) is 0. The number of fused-ring (bicyclic) bond motifs is 4. The molecule has 4 aromatic heterocycles. The Labute approximate surface area is 408 Å². The number of benzene rings is 4. The molecule has 8 heterocycles. The summed E-state index contributed by atoms with van der Waals surface area (Å²) >= 11 is 0. The standard InChI is InChI=1S/C28H28N6O2.C26H23FN6O2/c1-18-17-29-27(33-12-10-32(11-13-33)19(2)35)28-31-24(14-20-6-4-3-5-7-20)26(34(18)28)21-8-9-23-22(15-21)16-25(36)30-23;1-16(34)31-10-12-32(13-11-31)25-26-30-23(17-2-5-20(27)6-3-17)24(33(26)9-8-28-25)18-4-7-21-19(14-18)15-22(35)29-21/h3-9,15,17H,10-14,16H2,1-2H3,(H,30,36);2-9,14H,10-13,15H2,1H3,(H,29,35).